The maximum absolute atomic E-state index is 10.5. The number of rotatable bonds is 4. The Labute approximate surface area is 124 Å². The topological polar surface area (TPSA) is 52.4 Å². The van der Waals surface area contributed by atoms with Gasteiger partial charge in [0.05, 0.1) is 0 Å². The number of nitro groups is 1. The molecule has 0 bridgehead atoms. The fourth-order valence-electron chi connectivity index (χ4n) is 2.29. The average molecular weight is 382 g/mol. The van der Waals surface area contributed by atoms with E-state index in [9.17, 15) is 10.1 Å². The van der Waals surface area contributed by atoms with E-state index in [-0.39, 0.29) is 17.6 Å². The van der Waals surface area contributed by atoms with Gasteiger partial charge in [0.2, 0.25) is 6.54 Å². The van der Waals surface area contributed by atoms with E-state index < -0.39 is 5.60 Å². The minimum Gasteiger partial charge on any atom is -0.359 e. The Kier molecular flexibility index (Phi) is 4.45. The average Bonchev–Trinajstić information content (AvgIpc) is 2.73. The van der Waals surface area contributed by atoms with E-state index in [2.05, 4.69) is 22.6 Å². The Morgan fingerprint density at radius 3 is 3.00 bits per heavy atom. The van der Waals surface area contributed by atoms with Gasteiger partial charge in [0.1, 0.15) is 11.7 Å². The maximum Gasteiger partial charge on any atom is 0.229 e. The largest absolute Gasteiger partial charge is 0.359 e. The Morgan fingerprint density at radius 1 is 1.61 bits per heavy atom. The molecule has 2 atom stereocenters. The van der Waals surface area contributed by atoms with E-state index in [0.29, 0.717) is 5.02 Å². The van der Waals surface area contributed by atoms with Crippen LogP contribution in [0.1, 0.15) is 18.4 Å². The summed E-state index contributed by atoms with van der Waals surface area (Å²) < 4.78 is 6.71. The smallest absolute Gasteiger partial charge is 0.229 e. The lowest BCUT2D eigenvalue weighted by molar-refractivity contribution is -0.491. The third-order valence-electron chi connectivity index (χ3n) is 3.18. The van der Waals surface area contributed by atoms with E-state index in [1.165, 1.54) is 0 Å². The highest BCUT2D eigenvalue weighted by Gasteiger charge is 2.42. The molecule has 98 valence electrons. The quantitative estimate of drug-likeness (QED) is 0.347. The molecule has 0 radical (unpaired) electrons. The second kappa shape index (κ2) is 5.71. The van der Waals surface area contributed by atoms with Crippen molar-refractivity contribution in [1.82, 2.24) is 0 Å². The molecule has 1 aromatic rings. The van der Waals surface area contributed by atoms with E-state index in [1.54, 1.807) is 0 Å². The number of nitrogens with zero attached hydrogens (tertiary/aromatic N) is 1. The van der Waals surface area contributed by atoms with Gasteiger partial charge in [0, 0.05) is 14.4 Å². The van der Waals surface area contributed by atoms with Gasteiger partial charge in [-0.05, 0) is 30.5 Å². The highest BCUT2D eigenvalue weighted by atomic mass is 127. The molecule has 1 saturated heterocycles. The van der Waals surface area contributed by atoms with Crippen LogP contribution in [0.4, 0.5) is 0 Å². The lowest BCUT2D eigenvalue weighted by atomic mass is 9.93. The first-order valence-corrected chi connectivity index (χ1v) is 7.58. The molecule has 4 nitrogen and oxygen atoms in total. The summed E-state index contributed by atoms with van der Waals surface area (Å²) in [5, 5.41) is 11.2. The van der Waals surface area contributed by atoms with Crippen LogP contribution >= 0.6 is 34.2 Å². The number of alkyl halides is 1. The first-order chi connectivity index (χ1) is 8.55. The van der Waals surface area contributed by atoms with Crippen LogP contribution in [0, 0.1) is 10.1 Å². The van der Waals surface area contributed by atoms with Crippen molar-refractivity contribution in [2.24, 2.45) is 0 Å². The zero-order valence-electron chi connectivity index (χ0n) is 9.64. The zero-order valence-corrected chi connectivity index (χ0v) is 12.6. The standard InChI is InChI=1S/C12H13ClINO3/c13-10-3-1-2-9(6-10)12(8-14)5-4-11(18-12)7-15(16)17/h1-3,6,11H,4-5,7-8H2. The fourth-order valence-corrected chi connectivity index (χ4v) is 3.48. The van der Waals surface area contributed by atoms with Gasteiger partial charge >= 0.3 is 0 Å². The molecule has 1 aliphatic heterocycles. The Morgan fingerprint density at radius 2 is 2.39 bits per heavy atom. The first-order valence-electron chi connectivity index (χ1n) is 5.67. The van der Waals surface area contributed by atoms with Crippen LogP contribution in [0.25, 0.3) is 0 Å². The summed E-state index contributed by atoms with van der Waals surface area (Å²) in [6.07, 6.45) is 1.22. The highest BCUT2D eigenvalue weighted by Crippen LogP contribution is 2.41. The molecular weight excluding hydrogens is 368 g/mol. The van der Waals surface area contributed by atoms with Gasteiger partial charge in [0.15, 0.2) is 0 Å². The van der Waals surface area contributed by atoms with Gasteiger partial charge < -0.3 is 4.74 Å². The SMILES string of the molecule is O=[N+]([O-])CC1CCC(CI)(c2cccc(Cl)c2)O1. The van der Waals surface area contributed by atoms with Crippen molar-refractivity contribution in [3.63, 3.8) is 0 Å². The molecule has 0 aliphatic carbocycles. The fraction of sp³-hybridized carbons (Fsp3) is 0.500. The van der Waals surface area contributed by atoms with E-state index in [4.69, 9.17) is 16.3 Å². The number of halogens is 2. The minimum atomic E-state index is -0.424. The van der Waals surface area contributed by atoms with E-state index in [1.807, 2.05) is 24.3 Å². The molecule has 1 fully saturated rings. The van der Waals surface area contributed by atoms with Crippen molar-refractivity contribution in [2.75, 3.05) is 11.0 Å². The molecule has 0 spiro atoms. The molecule has 0 N–H and O–H groups in total. The normalized spacial score (nSPS) is 27.3. The van der Waals surface area contributed by atoms with Gasteiger partial charge in [0.25, 0.3) is 0 Å². The van der Waals surface area contributed by atoms with Crippen LogP contribution < -0.4 is 0 Å². The third kappa shape index (κ3) is 2.95. The third-order valence-corrected chi connectivity index (χ3v) is 4.65. The summed E-state index contributed by atoms with van der Waals surface area (Å²) in [7, 11) is 0. The number of benzene rings is 1. The Hall–Kier alpha value is -0.400. The van der Waals surface area contributed by atoms with Gasteiger partial charge in [-0.3, -0.25) is 10.1 Å². The summed E-state index contributed by atoms with van der Waals surface area (Å²) in [5.74, 6) is 0. The van der Waals surface area contributed by atoms with Crippen molar-refractivity contribution in [3.8, 4) is 0 Å². The molecule has 1 aromatic carbocycles. The second-order valence-electron chi connectivity index (χ2n) is 4.43. The number of hydrogen-bond donors (Lipinski definition) is 0. The highest BCUT2D eigenvalue weighted by molar-refractivity contribution is 14.1. The zero-order chi connectivity index (χ0) is 13.2. The van der Waals surface area contributed by atoms with Gasteiger partial charge in [-0.15, -0.1) is 0 Å². The van der Waals surface area contributed by atoms with Gasteiger partial charge in [-0.2, -0.15) is 0 Å². The van der Waals surface area contributed by atoms with E-state index in [0.717, 1.165) is 22.8 Å². The lowest BCUT2D eigenvalue weighted by Gasteiger charge is -2.27. The Bertz CT molecular complexity index is 457. The van der Waals surface area contributed by atoms with Crippen LogP contribution in [0.5, 0.6) is 0 Å². The first kappa shape index (κ1) is 14.0. The van der Waals surface area contributed by atoms with Crippen molar-refractivity contribution in [3.05, 3.63) is 45.0 Å². The summed E-state index contributed by atoms with van der Waals surface area (Å²) >= 11 is 8.26. The van der Waals surface area contributed by atoms with E-state index >= 15 is 0 Å². The van der Waals surface area contributed by atoms with Crippen molar-refractivity contribution in [2.45, 2.75) is 24.5 Å². The molecule has 2 rings (SSSR count). The van der Waals surface area contributed by atoms with Crippen molar-refractivity contribution in [1.29, 1.82) is 0 Å². The monoisotopic (exact) mass is 381 g/mol. The molecule has 0 aromatic heterocycles. The molecule has 0 amide bonds. The van der Waals surface area contributed by atoms with Crippen molar-refractivity contribution < 1.29 is 9.66 Å². The summed E-state index contributed by atoms with van der Waals surface area (Å²) in [6.45, 7) is -0.126. The van der Waals surface area contributed by atoms with Gasteiger partial charge in [-0.25, -0.2) is 0 Å². The maximum atomic E-state index is 10.5. The van der Waals surface area contributed by atoms with Crippen LogP contribution in [0.3, 0.4) is 0 Å². The van der Waals surface area contributed by atoms with Gasteiger partial charge in [-0.1, -0.05) is 46.3 Å². The molecule has 18 heavy (non-hydrogen) atoms. The number of hydrogen-bond acceptors (Lipinski definition) is 3. The van der Waals surface area contributed by atoms with Crippen LogP contribution in [0.2, 0.25) is 5.02 Å². The predicted octanol–water partition coefficient (Wildman–Crippen LogP) is 3.43. The summed E-state index contributed by atoms with van der Waals surface area (Å²) in [4.78, 5) is 10.2. The molecule has 2 unspecified atom stereocenters. The van der Waals surface area contributed by atoms with Crippen LogP contribution in [-0.4, -0.2) is 22.0 Å². The molecule has 0 saturated carbocycles. The minimum absolute atomic E-state index is 0.126. The molecule has 6 heteroatoms. The molecule has 1 heterocycles. The summed E-state index contributed by atoms with van der Waals surface area (Å²) in [6, 6.07) is 7.55. The second-order valence-corrected chi connectivity index (χ2v) is 5.63. The van der Waals surface area contributed by atoms with Crippen molar-refractivity contribution >= 4 is 34.2 Å². The molecule has 1 aliphatic rings. The number of ether oxygens (including phenoxy) is 1. The molecular formula is C12H13ClINO3. The predicted molar refractivity (Wildman–Crippen MR) is 78.0 cm³/mol. The van der Waals surface area contributed by atoms with Crippen LogP contribution in [-0.2, 0) is 10.3 Å². The summed E-state index contributed by atoms with van der Waals surface area (Å²) in [5.41, 5.74) is 0.585. The van der Waals surface area contributed by atoms with Crippen LogP contribution in [0.15, 0.2) is 24.3 Å². The Balaban J connectivity index is 2.20. The lowest BCUT2D eigenvalue weighted by Crippen LogP contribution is -2.30.